The molecule has 0 spiro atoms. The van der Waals surface area contributed by atoms with E-state index in [9.17, 15) is 14.4 Å². The highest BCUT2D eigenvalue weighted by atomic mass is 35.5. The molecule has 0 fully saturated rings. The van der Waals surface area contributed by atoms with E-state index < -0.39 is 5.97 Å². The van der Waals surface area contributed by atoms with E-state index in [0.29, 0.717) is 22.0 Å². The van der Waals surface area contributed by atoms with Gasteiger partial charge in [0.2, 0.25) is 11.8 Å². The summed E-state index contributed by atoms with van der Waals surface area (Å²) in [5.41, 5.74) is 2.53. The van der Waals surface area contributed by atoms with Crippen LogP contribution in [0.2, 0.25) is 5.02 Å². The maximum Gasteiger partial charge on any atom is 0.337 e. The molecule has 1 N–H and O–H groups in total. The third-order valence-corrected chi connectivity index (χ3v) is 4.24. The minimum absolute atomic E-state index is 0.125. The highest BCUT2D eigenvalue weighted by Crippen LogP contribution is 2.20. The smallest absolute Gasteiger partial charge is 0.337 e. The Balaban J connectivity index is 2.02. The fraction of sp³-hybridized carbons (Fsp3) is 0.250. The third-order valence-electron chi connectivity index (χ3n) is 4.01. The van der Waals surface area contributed by atoms with Gasteiger partial charge in [-0.15, -0.1) is 0 Å². The summed E-state index contributed by atoms with van der Waals surface area (Å²) < 4.78 is 4.66. The van der Waals surface area contributed by atoms with Crippen LogP contribution in [0.15, 0.2) is 42.5 Å². The Bertz CT molecular complexity index is 850. The number of nitrogens with zero attached hydrogens (tertiary/aromatic N) is 1. The first-order chi connectivity index (χ1) is 12.8. The lowest BCUT2D eigenvalue weighted by atomic mass is 10.2. The molecule has 0 aliphatic carbocycles. The molecule has 0 heterocycles. The maximum absolute atomic E-state index is 12.2. The number of carbonyl (C=O) groups is 3. The number of ether oxygens (including phenoxy) is 1. The number of nitrogens with one attached hydrogen (secondary N) is 1. The molecule has 0 atom stereocenters. The summed E-state index contributed by atoms with van der Waals surface area (Å²) >= 11 is 5.91. The molecule has 0 saturated carbocycles. The van der Waals surface area contributed by atoms with E-state index in [1.54, 1.807) is 42.5 Å². The number of aryl methyl sites for hydroxylation is 1. The van der Waals surface area contributed by atoms with E-state index in [0.717, 1.165) is 5.56 Å². The number of halogens is 1. The zero-order valence-electron chi connectivity index (χ0n) is 15.4. The molecular weight excluding hydrogens is 368 g/mol. The van der Waals surface area contributed by atoms with Crippen molar-refractivity contribution in [3.63, 3.8) is 0 Å². The lowest BCUT2D eigenvalue weighted by Gasteiger charge is -2.21. The number of hydrogen-bond donors (Lipinski definition) is 1. The van der Waals surface area contributed by atoms with E-state index >= 15 is 0 Å². The Morgan fingerprint density at radius 2 is 1.78 bits per heavy atom. The molecule has 2 amide bonds. The zero-order valence-corrected chi connectivity index (χ0v) is 16.2. The molecule has 142 valence electrons. The topological polar surface area (TPSA) is 75.7 Å². The molecule has 6 nitrogen and oxygen atoms in total. The maximum atomic E-state index is 12.2. The van der Waals surface area contributed by atoms with Crippen molar-refractivity contribution in [2.45, 2.75) is 20.3 Å². The summed E-state index contributed by atoms with van der Waals surface area (Å²) in [7, 11) is 1.30. The minimum Gasteiger partial charge on any atom is -0.465 e. The van der Waals surface area contributed by atoms with Crippen molar-refractivity contribution in [1.29, 1.82) is 0 Å². The number of amides is 2. The number of rotatable bonds is 6. The molecule has 2 aromatic rings. The lowest BCUT2D eigenvalue weighted by molar-refractivity contribution is -0.117. The van der Waals surface area contributed by atoms with Gasteiger partial charge in [0.05, 0.1) is 12.7 Å². The van der Waals surface area contributed by atoms with Crippen LogP contribution in [-0.2, 0) is 14.3 Å². The Labute approximate surface area is 163 Å². The van der Waals surface area contributed by atoms with Gasteiger partial charge < -0.3 is 15.0 Å². The van der Waals surface area contributed by atoms with E-state index in [2.05, 4.69) is 10.1 Å². The number of hydrogen-bond acceptors (Lipinski definition) is 4. The van der Waals surface area contributed by atoms with E-state index in [-0.39, 0.29) is 24.8 Å². The second-order valence-electron chi connectivity index (χ2n) is 5.97. The average Bonchev–Trinajstić information content (AvgIpc) is 2.64. The Hall–Kier alpha value is -2.86. The van der Waals surface area contributed by atoms with Crippen LogP contribution in [0.3, 0.4) is 0 Å². The van der Waals surface area contributed by atoms with Crippen LogP contribution in [0.1, 0.15) is 29.3 Å². The quantitative estimate of drug-likeness (QED) is 0.763. The first kappa shape index (κ1) is 20.5. The van der Waals surface area contributed by atoms with Crippen molar-refractivity contribution in [3.05, 3.63) is 58.6 Å². The predicted molar refractivity (Wildman–Crippen MR) is 105 cm³/mol. The largest absolute Gasteiger partial charge is 0.465 e. The summed E-state index contributed by atoms with van der Waals surface area (Å²) in [5.74, 6) is -0.859. The van der Waals surface area contributed by atoms with Gasteiger partial charge in [0.25, 0.3) is 0 Å². The monoisotopic (exact) mass is 388 g/mol. The second kappa shape index (κ2) is 9.19. The van der Waals surface area contributed by atoms with Crippen LogP contribution < -0.4 is 10.2 Å². The highest BCUT2D eigenvalue weighted by Gasteiger charge is 2.15. The standard InChI is InChI=1S/C20H21ClN2O4/c1-13-12-16(21)6-9-18(13)22-19(25)10-11-23(14(2)24)17-7-4-15(5-8-17)20(26)27-3/h4-9,12H,10-11H2,1-3H3,(H,22,25). The van der Waals surface area contributed by atoms with Crippen molar-refractivity contribution in [3.8, 4) is 0 Å². The molecule has 0 aliphatic heterocycles. The van der Waals surface area contributed by atoms with Gasteiger partial charge >= 0.3 is 5.97 Å². The number of anilines is 2. The van der Waals surface area contributed by atoms with Crippen LogP contribution in [-0.4, -0.2) is 31.4 Å². The van der Waals surface area contributed by atoms with Gasteiger partial charge in [-0.25, -0.2) is 4.79 Å². The van der Waals surface area contributed by atoms with E-state index in [1.165, 1.54) is 18.9 Å². The van der Waals surface area contributed by atoms with Gasteiger partial charge in [-0.05, 0) is 55.0 Å². The molecule has 0 radical (unpaired) electrons. The normalized spacial score (nSPS) is 10.2. The summed E-state index contributed by atoms with van der Waals surface area (Å²) in [5, 5.41) is 3.42. The fourth-order valence-corrected chi connectivity index (χ4v) is 2.78. The molecular formula is C20H21ClN2O4. The van der Waals surface area contributed by atoms with Gasteiger partial charge in [-0.1, -0.05) is 11.6 Å². The SMILES string of the molecule is COC(=O)c1ccc(N(CCC(=O)Nc2ccc(Cl)cc2C)C(C)=O)cc1. The van der Waals surface area contributed by atoms with Crippen LogP contribution >= 0.6 is 11.6 Å². The number of methoxy groups -OCH3 is 1. The van der Waals surface area contributed by atoms with Crippen molar-refractivity contribution in [1.82, 2.24) is 0 Å². The minimum atomic E-state index is -0.450. The van der Waals surface area contributed by atoms with Gasteiger partial charge in [0.1, 0.15) is 0 Å². The molecule has 0 bridgehead atoms. The molecule has 0 unspecified atom stereocenters. The van der Waals surface area contributed by atoms with Gasteiger partial charge in [0.15, 0.2) is 0 Å². The first-order valence-electron chi connectivity index (χ1n) is 8.34. The van der Waals surface area contributed by atoms with E-state index in [4.69, 9.17) is 11.6 Å². The van der Waals surface area contributed by atoms with Crippen LogP contribution in [0.4, 0.5) is 11.4 Å². The van der Waals surface area contributed by atoms with Crippen LogP contribution in [0.25, 0.3) is 0 Å². The Morgan fingerprint density at radius 1 is 1.11 bits per heavy atom. The molecule has 2 aromatic carbocycles. The van der Waals surface area contributed by atoms with Crippen molar-refractivity contribution < 1.29 is 19.1 Å². The number of benzene rings is 2. The summed E-state index contributed by atoms with van der Waals surface area (Å²) in [4.78, 5) is 37.2. The van der Waals surface area contributed by atoms with E-state index in [1.807, 2.05) is 6.92 Å². The first-order valence-corrected chi connectivity index (χ1v) is 8.72. The molecule has 0 saturated heterocycles. The number of carbonyl (C=O) groups excluding carboxylic acids is 3. The fourth-order valence-electron chi connectivity index (χ4n) is 2.56. The van der Waals surface area contributed by atoms with Crippen molar-refractivity contribution in [2.75, 3.05) is 23.9 Å². The third kappa shape index (κ3) is 5.56. The Morgan fingerprint density at radius 3 is 2.33 bits per heavy atom. The zero-order chi connectivity index (χ0) is 20.0. The van der Waals surface area contributed by atoms with Gasteiger partial charge in [-0.2, -0.15) is 0 Å². The number of esters is 1. The second-order valence-corrected chi connectivity index (χ2v) is 6.40. The summed E-state index contributed by atoms with van der Waals surface area (Å²) in [6, 6.07) is 11.7. The van der Waals surface area contributed by atoms with Gasteiger partial charge in [-0.3, -0.25) is 9.59 Å². The Kier molecular flexibility index (Phi) is 6.96. The predicted octanol–water partition coefficient (Wildman–Crippen LogP) is 3.82. The lowest BCUT2D eigenvalue weighted by Crippen LogP contribution is -2.32. The molecule has 0 aliphatic rings. The van der Waals surface area contributed by atoms with Crippen LogP contribution in [0.5, 0.6) is 0 Å². The molecule has 27 heavy (non-hydrogen) atoms. The van der Waals surface area contributed by atoms with Crippen molar-refractivity contribution in [2.24, 2.45) is 0 Å². The average molecular weight is 389 g/mol. The summed E-state index contributed by atoms with van der Waals surface area (Å²) in [6.45, 7) is 3.49. The molecule has 0 aromatic heterocycles. The molecule has 2 rings (SSSR count). The summed E-state index contributed by atoms with van der Waals surface area (Å²) in [6.07, 6.45) is 0.125. The highest BCUT2D eigenvalue weighted by molar-refractivity contribution is 6.30. The molecule has 7 heteroatoms. The van der Waals surface area contributed by atoms with Gasteiger partial charge in [0, 0.05) is 36.3 Å². The van der Waals surface area contributed by atoms with Crippen molar-refractivity contribution >= 4 is 40.8 Å². The van der Waals surface area contributed by atoms with Crippen LogP contribution in [0, 0.1) is 6.92 Å².